The Morgan fingerprint density at radius 2 is 1.17 bits per heavy atom. The minimum Gasteiger partial charge on any atom is -0.372 e. The lowest BCUT2D eigenvalue weighted by Crippen LogP contribution is -2.50. The first-order valence-electron chi connectivity index (χ1n) is 10.5. The van der Waals surface area contributed by atoms with E-state index < -0.39 is 0 Å². The Bertz CT molecular complexity index is 893. The van der Waals surface area contributed by atoms with E-state index in [2.05, 4.69) is 17.0 Å². The summed E-state index contributed by atoms with van der Waals surface area (Å²) in [6.07, 6.45) is 2.48. The Morgan fingerprint density at radius 1 is 0.655 bits per heavy atom. The molecule has 5 nitrogen and oxygen atoms in total. The highest BCUT2D eigenvalue weighted by Crippen LogP contribution is 2.21. The van der Waals surface area contributed by atoms with Gasteiger partial charge >= 0.3 is 0 Å². The maximum atomic E-state index is 12.9. The van der Waals surface area contributed by atoms with Gasteiger partial charge in [-0.05, 0) is 74.2 Å². The topological polar surface area (TPSA) is 43.9 Å². The molecule has 0 aliphatic carbocycles. The number of piperazine rings is 1. The zero-order valence-electron chi connectivity index (χ0n) is 17.4. The number of amides is 2. The van der Waals surface area contributed by atoms with Gasteiger partial charge in [-0.25, -0.2) is 0 Å². The maximum absolute atomic E-state index is 12.9. The summed E-state index contributed by atoms with van der Waals surface area (Å²) in [5.74, 6) is 0.103. The molecular formula is C24H29N3O2. The molecule has 2 aromatic rings. The molecule has 0 bridgehead atoms. The van der Waals surface area contributed by atoms with Crippen molar-refractivity contribution < 1.29 is 9.59 Å². The quantitative estimate of drug-likeness (QED) is 0.804. The molecule has 2 fully saturated rings. The number of rotatable bonds is 3. The molecule has 0 radical (unpaired) electrons. The van der Waals surface area contributed by atoms with Gasteiger partial charge in [0.05, 0.1) is 0 Å². The highest BCUT2D eigenvalue weighted by molar-refractivity contribution is 5.96. The fourth-order valence-corrected chi connectivity index (χ4v) is 4.14. The van der Waals surface area contributed by atoms with Crippen LogP contribution >= 0.6 is 0 Å². The molecule has 0 N–H and O–H groups in total. The van der Waals surface area contributed by atoms with Crippen molar-refractivity contribution in [2.75, 3.05) is 44.2 Å². The van der Waals surface area contributed by atoms with Crippen molar-refractivity contribution in [3.05, 3.63) is 64.7 Å². The predicted octanol–water partition coefficient (Wildman–Crippen LogP) is 3.50. The number of benzene rings is 2. The van der Waals surface area contributed by atoms with Gasteiger partial charge in [0.1, 0.15) is 0 Å². The van der Waals surface area contributed by atoms with E-state index in [-0.39, 0.29) is 11.8 Å². The average Bonchev–Trinajstić information content (AvgIpc) is 3.30. The molecule has 2 aromatic carbocycles. The minimum atomic E-state index is 0.0511. The third kappa shape index (κ3) is 4.14. The molecule has 2 heterocycles. The third-order valence-corrected chi connectivity index (χ3v) is 6.19. The summed E-state index contributed by atoms with van der Waals surface area (Å²) in [6.45, 7) is 8.57. The maximum Gasteiger partial charge on any atom is 0.253 e. The zero-order chi connectivity index (χ0) is 20.4. The first-order valence-corrected chi connectivity index (χ1v) is 10.5. The van der Waals surface area contributed by atoms with Crippen LogP contribution in [0.2, 0.25) is 0 Å². The van der Waals surface area contributed by atoms with E-state index >= 15 is 0 Å². The summed E-state index contributed by atoms with van der Waals surface area (Å²) in [5, 5.41) is 0. The van der Waals surface area contributed by atoms with Crippen molar-refractivity contribution in [1.29, 1.82) is 0 Å². The summed E-state index contributed by atoms with van der Waals surface area (Å²) in [5.41, 5.74) is 4.96. The van der Waals surface area contributed by atoms with Crippen molar-refractivity contribution in [1.82, 2.24) is 9.80 Å². The first kappa shape index (κ1) is 19.5. The lowest BCUT2D eigenvalue weighted by Gasteiger charge is -2.35. The summed E-state index contributed by atoms with van der Waals surface area (Å²) in [4.78, 5) is 31.7. The van der Waals surface area contributed by atoms with Crippen LogP contribution in [0.1, 0.15) is 44.7 Å². The summed E-state index contributed by atoms with van der Waals surface area (Å²) >= 11 is 0. The molecule has 5 heteroatoms. The van der Waals surface area contributed by atoms with E-state index in [9.17, 15) is 9.59 Å². The first-order chi connectivity index (χ1) is 14.0. The van der Waals surface area contributed by atoms with Gasteiger partial charge in [-0.15, -0.1) is 0 Å². The molecular weight excluding hydrogens is 362 g/mol. The van der Waals surface area contributed by atoms with Crippen LogP contribution in [-0.2, 0) is 0 Å². The molecule has 0 atom stereocenters. The van der Waals surface area contributed by atoms with Crippen molar-refractivity contribution in [3.8, 4) is 0 Å². The molecule has 2 aliphatic rings. The van der Waals surface area contributed by atoms with E-state index in [0.29, 0.717) is 26.2 Å². The second-order valence-corrected chi connectivity index (χ2v) is 8.12. The van der Waals surface area contributed by atoms with Crippen LogP contribution in [0.15, 0.2) is 42.5 Å². The molecule has 152 valence electrons. The minimum absolute atomic E-state index is 0.0511. The second kappa shape index (κ2) is 8.27. The average molecular weight is 392 g/mol. The van der Waals surface area contributed by atoms with Gasteiger partial charge in [-0.2, -0.15) is 0 Å². The summed E-state index contributed by atoms with van der Waals surface area (Å²) in [6, 6.07) is 13.8. The van der Waals surface area contributed by atoms with Gasteiger partial charge in [0, 0.05) is 56.1 Å². The number of nitrogens with zero attached hydrogens (tertiary/aromatic N) is 3. The standard InChI is InChI=1S/C24H29N3O2/c1-18-5-6-21(17-19(18)2)24(29)27-15-13-26(14-16-27)23(28)20-7-9-22(10-8-20)25-11-3-4-12-25/h5-10,17H,3-4,11-16H2,1-2H3. The number of carbonyl (C=O) groups is 2. The van der Waals surface area contributed by atoms with Crippen molar-refractivity contribution in [2.24, 2.45) is 0 Å². The van der Waals surface area contributed by atoms with Crippen LogP contribution in [0.25, 0.3) is 0 Å². The molecule has 0 saturated carbocycles. The fraction of sp³-hybridized carbons (Fsp3) is 0.417. The molecule has 0 spiro atoms. The molecule has 2 aliphatic heterocycles. The van der Waals surface area contributed by atoms with Gasteiger partial charge in [0.25, 0.3) is 11.8 Å². The molecule has 2 amide bonds. The lowest BCUT2D eigenvalue weighted by atomic mass is 10.1. The van der Waals surface area contributed by atoms with Crippen LogP contribution in [0.3, 0.4) is 0 Å². The highest BCUT2D eigenvalue weighted by atomic mass is 16.2. The van der Waals surface area contributed by atoms with Crippen molar-refractivity contribution in [2.45, 2.75) is 26.7 Å². The number of carbonyl (C=O) groups excluding carboxylic acids is 2. The molecule has 0 unspecified atom stereocenters. The number of hydrogen-bond donors (Lipinski definition) is 0. The van der Waals surface area contributed by atoms with Gasteiger partial charge < -0.3 is 14.7 Å². The van der Waals surface area contributed by atoms with Crippen LogP contribution in [-0.4, -0.2) is 60.9 Å². The Morgan fingerprint density at radius 3 is 1.72 bits per heavy atom. The second-order valence-electron chi connectivity index (χ2n) is 8.12. The monoisotopic (exact) mass is 391 g/mol. The SMILES string of the molecule is Cc1ccc(C(=O)N2CCN(C(=O)c3ccc(N4CCCC4)cc3)CC2)cc1C. The van der Waals surface area contributed by atoms with E-state index in [1.165, 1.54) is 24.1 Å². The van der Waals surface area contributed by atoms with Crippen LogP contribution in [0.4, 0.5) is 5.69 Å². The Balaban J connectivity index is 1.35. The van der Waals surface area contributed by atoms with Gasteiger partial charge in [0.15, 0.2) is 0 Å². The smallest absolute Gasteiger partial charge is 0.253 e. The Hall–Kier alpha value is -2.82. The van der Waals surface area contributed by atoms with Crippen molar-refractivity contribution >= 4 is 17.5 Å². The molecule has 29 heavy (non-hydrogen) atoms. The van der Waals surface area contributed by atoms with Gasteiger partial charge in [0.2, 0.25) is 0 Å². The summed E-state index contributed by atoms with van der Waals surface area (Å²) in [7, 11) is 0. The normalized spacial score (nSPS) is 17.0. The number of aryl methyl sites for hydroxylation is 2. The Kier molecular flexibility index (Phi) is 5.56. The number of hydrogen-bond acceptors (Lipinski definition) is 3. The highest BCUT2D eigenvalue weighted by Gasteiger charge is 2.26. The summed E-state index contributed by atoms with van der Waals surface area (Å²) < 4.78 is 0. The van der Waals surface area contributed by atoms with Crippen LogP contribution < -0.4 is 4.90 Å². The Labute approximate surface area is 172 Å². The fourth-order valence-electron chi connectivity index (χ4n) is 4.14. The van der Waals surface area contributed by atoms with E-state index in [4.69, 9.17) is 0 Å². The third-order valence-electron chi connectivity index (χ3n) is 6.19. The number of anilines is 1. The van der Waals surface area contributed by atoms with E-state index in [1.54, 1.807) is 0 Å². The molecule has 0 aromatic heterocycles. The van der Waals surface area contributed by atoms with Gasteiger partial charge in [-0.3, -0.25) is 9.59 Å². The lowest BCUT2D eigenvalue weighted by molar-refractivity contribution is 0.0535. The zero-order valence-corrected chi connectivity index (χ0v) is 17.4. The molecule has 2 saturated heterocycles. The van der Waals surface area contributed by atoms with Crippen molar-refractivity contribution in [3.63, 3.8) is 0 Å². The largest absolute Gasteiger partial charge is 0.372 e. The van der Waals surface area contributed by atoms with Crippen LogP contribution in [0, 0.1) is 13.8 Å². The predicted molar refractivity (Wildman–Crippen MR) is 116 cm³/mol. The van der Waals surface area contributed by atoms with E-state index in [1.807, 2.05) is 54.0 Å². The molecule has 4 rings (SSSR count). The van der Waals surface area contributed by atoms with Crippen LogP contribution in [0.5, 0.6) is 0 Å². The van der Waals surface area contributed by atoms with Gasteiger partial charge in [-0.1, -0.05) is 6.07 Å². The van der Waals surface area contributed by atoms with E-state index in [0.717, 1.165) is 29.8 Å².